The first-order chi connectivity index (χ1) is 48.2. The molecular weight excluding hydrogens is 1290 g/mol. The lowest BCUT2D eigenvalue weighted by molar-refractivity contribution is -0.161. The predicted molar refractivity (Wildman–Crippen MR) is 408 cm³/mol. The predicted octanol–water partition coefficient (Wildman–Crippen LogP) is 21.9. The van der Waals surface area contributed by atoms with Gasteiger partial charge in [-0.15, -0.1) is 0 Å². The first-order valence-corrected chi connectivity index (χ1v) is 40.8. The maximum Gasteiger partial charge on any atom is 0.472 e. The number of ether oxygens (including phenoxy) is 3. The van der Waals surface area contributed by atoms with Gasteiger partial charge in [-0.25, -0.2) is 9.13 Å². The van der Waals surface area contributed by atoms with Gasteiger partial charge in [-0.05, 0) is 141 Å². The van der Waals surface area contributed by atoms with Crippen LogP contribution >= 0.6 is 15.6 Å². The van der Waals surface area contributed by atoms with Crippen LogP contribution in [-0.2, 0) is 55.8 Å². The van der Waals surface area contributed by atoms with Gasteiger partial charge in [0, 0.05) is 19.3 Å². The summed E-state index contributed by atoms with van der Waals surface area (Å²) < 4.78 is 60.9. The summed E-state index contributed by atoms with van der Waals surface area (Å²) >= 11 is 0. The zero-order valence-electron chi connectivity index (χ0n) is 61.4. The van der Waals surface area contributed by atoms with Gasteiger partial charge in [0.05, 0.1) is 26.4 Å². The molecule has 0 aromatic carbocycles. The molecule has 5 unspecified atom stereocenters. The molecule has 0 amide bonds. The second-order valence-corrected chi connectivity index (χ2v) is 27.6. The molecule has 16 nitrogen and oxygen atoms in total. The van der Waals surface area contributed by atoms with Crippen LogP contribution in [0, 0.1) is 0 Å². The Hall–Kier alpha value is -4.83. The van der Waals surface area contributed by atoms with E-state index in [1.54, 1.807) is 0 Å². The summed E-state index contributed by atoms with van der Waals surface area (Å²) in [5, 5.41) is 20.6. The Balaban J connectivity index is 4.53. The lowest BCUT2D eigenvalue weighted by Gasteiger charge is -2.21. The van der Waals surface area contributed by atoms with E-state index in [0.717, 1.165) is 141 Å². The quantitative estimate of drug-likeness (QED) is 0.0146. The van der Waals surface area contributed by atoms with Crippen molar-refractivity contribution in [1.29, 1.82) is 0 Å². The fourth-order valence-corrected chi connectivity index (χ4v) is 11.1. The molecule has 564 valence electrons. The first-order valence-electron chi connectivity index (χ1n) is 37.8. The molecule has 0 aliphatic heterocycles. The number of rotatable bonds is 70. The fraction of sp³-hybridized carbons (Fsp3) is 0.642. The van der Waals surface area contributed by atoms with E-state index in [1.165, 1.54) is 70.6 Å². The number of phosphoric ester groups is 2. The van der Waals surface area contributed by atoms with Crippen LogP contribution in [-0.4, -0.2) is 95.9 Å². The van der Waals surface area contributed by atoms with E-state index in [-0.39, 0.29) is 19.3 Å². The standard InChI is InChI=1S/C81H134O16P2/c1-4-7-10-13-16-19-22-25-28-30-31-32-33-34-35-36-37-38-39-40-41-42-43-45-48-49-52-55-58-61-64-67-79(84)91-70-76(82)71-93-98(87,88)94-72-77(83)73-95-99(89,90)96-75-78(97-81(86)69-66-63-60-57-54-51-46-27-24-21-18-15-12-9-6-3)74-92-80(85)68-65-62-59-56-53-50-47-44-29-26-23-20-17-14-11-8-5-2/h7-8,10-11,16-21,25-29,31-32,34-35,37-38,46-47,50,56,59,76-78,82-83H,4-6,9,12-15,22-24,30,33,36,39-45,48-49,51-55,57-58,60-75H2,1-3H3,(H,87,88)(H,89,90)/b10-7-,11-8-,19-16-,20-17-,21-18-,28-25-,29-26-,32-31-,35-34-,38-37-,46-27-,50-47-,59-56-. The second kappa shape index (κ2) is 72.9. The molecule has 0 radical (unpaired) electrons. The van der Waals surface area contributed by atoms with Crippen molar-refractivity contribution < 1.29 is 75.8 Å². The molecule has 0 saturated heterocycles. The molecule has 0 fully saturated rings. The van der Waals surface area contributed by atoms with Gasteiger partial charge in [-0.1, -0.05) is 275 Å². The van der Waals surface area contributed by atoms with Gasteiger partial charge in [0.1, 0.15) is 25.4 Å². The van der Waals surface area contributed by atoms with Crippen LogP contribution in [0.15, 0.2) is 158 Å². The highest BCUT2D eigenvalue weighted by Crippen LogP contribution is 2.45. The van der Waals surface area contributed by atoms with E-state index >= 15 is 0 Å². The molecular formula is C81H134O16P2. The Labute approximate surface area is 600 Å². The lowest BCUT2D eigenvalue weighted by Crippen LogP contribution is -2.30. The molecule has 99 heavy (non-hydrogen) atoms. The van der Waals surface area contributed by atoms with E-state index in [2.05, 4.69) is 167 Å². The molecule has 0 spiro atoms. The zero-order chi connectivity index (χ0) is 72.3. The number of aliphatic hydroxyl groups is 2. The summed E-state index contributed by atoms with van der Waals surface area (Å²) in [6.45, 7) is 2.32. The highest BCUT2D eigenvalue weighted by Gasteiger charge is 2.29. The van der Waals surface area contributed by atoms with Crippen molar-refractivity contribution in [1.82, 2.24) is 0 Å². The van der Waals surface area contributed by atoms with E-state index < -0.39 is 91.5 Å². The number of aliphatic hydroxyl groups excluding tert-OH is 2. The highest BCUT2D eigenvalue weighted by atomic mass is 31.2. The number of allylic oxidation sites excluding steroid dienone is 26. The second-order valence-electron chi connectivity index (χ2n) is 24.7. The maximum absolute atomic E-state index is 12.9. The average molecular weight is 1430 g/mol. The molecule has 0 aliphatic rings. The normalized spacial score (nSPS) is 14.9. The van der Waals surface area contributed by atoms with Crippen molar-refractivity contribution in [2.45, 2.75) is 296 Å². The van der Waals surface area contributed by atoms with Gasteiger partial charge < -0.3 is 34.2 Å². The smallest absolute Gasteiger partial charge is 0.463 e. The molecule has 0 heterocycles. The van der Waals surface area contributed by atoms with Crippen molar-refractivity contribution in [3.8, 4) is 0 Å². The fourth-order valence-electron chi connectivity index (χ4n) is 9.52. The number of hydrogen-bond donors (Lipinski definition) is 4. The number of esters is 3. The van der Waals surface area contributed by atoms with Crippen LogP contribution in [0.4, 0.5) is 0 Å². The number of phosphoric acid groups is 2. The Morgan fingerprint density at radius 2 is 0.545 bits per heavy atom. The van der Waals surface area contributed by atoms with Crippen molar-refractivity contribution in [2.75, 3.05) is 39.6 Å². The third-order valence-corrected chi connectivity index (χ3v) is 17.1. The summed E-state index contributed by atoms with van der Waals surface area (Å²) in [6, 6.07) is 0. The molecule has 0 bridgehead atoms. The topological polar surface area (TPSA) is 231 Å². The van der Waals surface area contributed by atoms with E-state index in [4.69, 9.17) is 32.3 Å². The number of carbonyl (C=O) groups is 3. The molecule has 0 saturated carbocycles. The van der Waals surface area contributed by atoms with Gasteiger partial charge in [0.2, 0.25) is 0 Å². The van der Waals surface area contributed by atoms with Gasteiger partial charge in [-0.2, -0.15) is 0 Å². The Morgan fingerprint density at radius 1 is 0.293 bits per heavy atom. The first kappa shape index (κ1) is 94.2. The summed E-state index contributed by atoms with van der Waals surface area (Å²) in [7, 11) is -9.81. The van der Waals surface area contributed by atoms with Crippen molar-refractivity contribution in [2.24, 2.45) is 0 Å². The van der Waals surface area contributed by atoms with Crippen LogP contribution < -0.4 is 0 Å². The van der Waals surface area contributed by atoms with Crippen LogP contribution in [0.25, 0.3) is 0 Å². The van der Waals surface area contributed by atoms with E-state index in [9.17, 15) is 43.5 Å². The number of hydrogen-bond acceptors (Lipinski definition) is 14. The number of carbonyl (C=O) groups excluding carboxylic acids is 3. The zero-order valence-corrected chi connectivity index (χ0v) is 63.1. The minimum atomic E-state index is -4.95. The van der Waals surface area contributed by atoms with Crippen LogP contribution in [0.3, 0.4) is 0 Å². The molecule has 0 aromatic heterocycles. The van der Waals surface area contributed by atoms with Crippen molar-refractivity contribution in [3.05, 3.63) is 158 Å². The Kier molecular flexibility index (Phi) is 69.4. The third-order valence-electron chi connectivity index (χ3n) is 15.2. The van der Waals surface area contributed by atoms with Gasteiger partial charge in [-0.3, -0.25) is 32.5 Å². The van der Waals surface area contributed by atoms with Gasteiger partial charge in [0.25, 0.3) is 0 Å². The highest BCUT2D eigenvalue weighted by molar-refractivity contribution is 7.47. The summed E-state index contributed by atoms with van der Waals surface area (Å²) in [6.07, 6.45) is 90.2. The molecule has 0 rings (SSSR count). The molecule has 18 heteroatoms. The van der Waals surface area contributed by atoms with Crippen LogP contribution in [0.1, 0.15) is 278 Å². The minimum Gasteiger partial charge on any atom is -0.463 e. The Morgan fingerprint density at radius 3 is 0.889 bits per heavy atom. The molecule has 4 N–H and O–H groups in total. The van der Waals surface area contributed by atoms with E-state index in [0.29, 0.717) is 25.7 Å². The van der Waals surface area contributed by atoms with E-state index in [1.807, 2.05) is 12.2 Å². The largest absolute Gasteiger partial charge is 0.472 e. The van der Waals surface area contributed by atoms with Gasteiger partial charge >= 0.3 is 33.6 Å². The summed E-state index contributed by atoms with van der Waals surface area (Å²) in [5.41, 5.74) is 0. The Bertz CT molecular complexity index is 2430. The maximum atomic E-state index is 12.9. The third kappa shape index (κ3) is 74.2. The number of unbranched alkanes of at least 4 members (excludes halogenated alkanes) is 21. The summed E-state index contributed by atoms with van der Waals surface area (Å²) in [5.74, 6) is -1.67. The van der Waals surface area contributed by atoms with Gasteiger partial charge in [0.15, 0.2) is 6.10 Å². The monoisotopic (exact) mass is 1420 g/mol. The lowest BCUT2D eigenvalue weighted by atomic mass is 10.0. The minimum absolute atomic E-state index is 0.0722. The molecule has 5 atom stereocenters. The molecule has 0 aliphatic carbocycles. The van der Waals surface area contributed by atoms with Crippen molar-refractivity contribution >= 4 is 33.6 Å². The summed E-state index contributed by atoms with van der Waals surface area (Å²) in [4.78, 5) is 58.5. The van der Waals surface area contributed by atoms with Crippen LogP contribution in [0.2, 0.25) is 0 Å². The van der Waals surface area contributed by atoms with Crippen LogP contribution in [0.5, 0.6) is 0 Å². The molecule has 0 aromatic rings. The van der Waals surface area contributed by atoms with Crippen molar-refractivity contribution in [3.63, 3.8) is 0 Å². The average Bonchev–Trinajstić information content (AvgIpc) is 2.96. The SMILES string of the molecule is CC/C=C\C/C=C\C/C=C\C/C=C\C/C=C\C/C=C\CCCCCCCCCCCCCCC(=O)OCC(O)COP(=O)(O)OCC(O)COP(=O)(O)OCC(COC(=O)CCC/C=C\C/C=C\C/C=C\C/C=C\C/C=C\CC)OC(=O)CCCCCCC/C=C\C/C=C\CCCCC.